The largest absolute Gasteiger partial charge is 0.421 e. The first-order chi connectivity index (χ1) is 13.1. The second-order valence-electron chi connectivity index (χ2n) is 6.57. The number of anilines is 3. The van der Waals surface area contributed by atoms with Gasteiger partial charge in [-0.15, -0.1) is 0 Å². The molecule has 0 unspecified atom stereocenters. The molecule has 3 aromatic heterocycles. The van der Waals surface area contributed by atoms with Crippen LogP contribution < -0.4 is 10.6 Å². The number of nitrogens with one attached hydrogen (secondary N) is 3. The van der Waals surface area contributed by atoms with Crippen LogP contribution in [-0.2, 0) is 11.7 Å². The zero-order chi connectivity index (χ0) is 20.5. The summed E-state index contributed by atoms with van der Waals surface area (Å²) in [5.41, 5.74) is -0.341. The van der Waals surface area contributed by atoms with E-state index >= 15 is 0 Å². The average Bonchev–Trinajstić information content (AvgIpc) is 3.26. The zero-order valence-electron chi connectivity index (χ0n) is 15.8. The second-order valence-corrected chi connectivity index (χ2v) is 6.57. The molecule has 0 aliphatic rings. The summed E-state index contributed by atoms with van der Waals surface area (Å²) in [4.78, 5) is 11.9. The van der Waals surface area contributed by atoms with Crippen LogP contribution in [0.4, 0.5) is 30.6 Å². The van der Waals surface area contributed by atoms with E-state index in [2.05, 4.69) is 40.9 Å². The normalized spacial score (nSPS) is 12.2. The Morgan fingerprint density at radius 1 is 1.21 bits per heavy atom. The van der Waals surface area contributed by atoms with Gasteiger partial charge in [-0.05, 0) is 27.7 Å². The summed E-state index contributed by atoms with van der Waals surface area (Å²) >= 11 is 0. The molecule has 150 valence electrons. The van der Waals surface area contributed by atoms with E-state index in [1.807, 2.05) is 13.8 Å². The number of rotatable bonds is 6. The van der Waals surface area contributed by atoms with Crippen molar-refractivity contribution < 1.29 is 13.2 Å². The van der Waals surface area contributed by atoms with Crippen molar-refractivity contribution in [1.29, 1.82) is 0 Å². The van der Waals surface area contributed by atoms with E-state index in [-0.39, 0.29) is 11.8 Å². The Bertz CT molecular complexity index is 945. The fourth-order valence-electron chi connectivity index (χ4n) is 2.55. The first-order valence-corrected chi connectivity index (χ1v) is 8.50. The Balaban J connectivity index is 1.90. The summed E-state index contributed by atoms with van der Waals surface area (Å²) in [5.74, 6) is 0.366. The molecule has 9 nitrogen and oxygen atoms in total. The number of aromatic amines is 1. The summed E-state index contributed by atoms with van der Waals surface area (Å²) in [6.07, 6.45) is -0.666. The molecule has 0 aliphatic carbocycles. The van der Waals surface area contributed by atoms with Crippen LogP contribution >= 0.6 is 0 Å². The fraction of sp³-hybridized carbons (Fsp3) is 0.438. The van der Waals surface area contributed by atoms with Gasteiger partial charge in [0.05, 0.1) is 11.4 Å². The van der Waals surface area contributed by atoms with Crippen LogP contribution in [0.1, 0.15) is 37.9 Å². The van der Waals surface area contributed by atoms with E-state index in [1.54, 1.807) is 24.7 Å². The summed E-state index contributed by atoms with van der Waals surface area (Å²) in [5, 5.41) is 16.7. The van der Waals surface area contributed by atoms with Gasteiger partial charge in [0.15, 0.2) is 5.82 Å². The topological polar surface area (TPSA) is 109 Å². The minimum absolute atomic E-state index is 0.0315. The Morgan fingerprint density at radius 3 is 2.57 bits per heavy atom. The highest BCUT2D eigenvalue weighted by Crippen LogP contribution is 2.34. The third kappa shape index (κ3) is 3.75. The number of hydrogen-bond donors (Lipinski definition) is 3. The number of H-pyrrole nitrogens is 1. The predicted molar refractivity (Wildman–Crippen MR) is 96.3 cm³/mol. The number of aryl methyl sites for hydroxylation is 1. The van der Waals surface area contributed by atoms with Crippen LogP contribution in [0.3, 0.4) is 0 Å². The summed E-state index contributed by atoms with van der Waals surface area (Å²) in [6.45, 7) is 7.56. The minimum atomic E-state index is -4.54. The lowest BCUT2D eigenvalue weighted by Crippen LogP contribution is -2.29. The quantitative estimate of drug-likeness (QED) is 0.588. The van der Waals surface area contributed by atoms with Gasteiger partial charge in [-0.3, -0.25) is 9.78 Å². The van der Waals surface area contributed by atoms with Crippen LogP contribution in [0.15, 0.2) is 18.7 Å². The van der Waals surface area contributed by atoms with Crippen LogP contribution in [-0.4, -0.2) is 41.5 Å². The van der Waals surface area contributed by atoms with E-state index in [4.69, 9.17) is 0 Å². The highest BCUT2D eigenvalue weighted by molar-refractivity contribution is 5.58. The molecule has 12 heteroatoms. The molecule has 0 saturated carbocycles. The van der Waals surface area contributed by atoms with Crippen LogP contribution in [0.25, 0.3) is 0 Å². The number of alkyl halides is 3. The summed E-state index contributed by atoms with van der Waals surface area (Å²) in [6, 6.07) is 0. The van der Waals surface area contributed by atoms with E-state index in [0.29, 0.717) is 23.8 Å². The first kappa shape index (κ1) is 19.6. The molecule has 0 aliphatic heterocycles. The Hall–Kier alpha value is -3.18. The van der Waals surface area contributed by atoms with Crippen molar-refractivity contribution in [2.75, 3.05) is 17.2 Å². The molecule has 0 atom stereocenters. The van der Waals surface area contributed by atoms with E-state index in [0.717, 1.165) is 6.20 Å². The maximum Gasteiger partial charge on any atom is 0.421 e. The van der Waals surface area contributed by atoms with Gasteiger partial charge in [0, 0.05) is 18.9 Å². The van der Waals surface area contributed by atoms with Gasteiger partial charge in [0.2, 0.25) is 5.95 Å². The van der Waals surface area contributed by atoms with Crippen molar-refractivity contribution in [3.8, 4) is 0 Å². The molecule has 0 amide bonds. The van der Waals surface area contributed by atoms with Gasteiger partial charge in [-0.1, -0.05) is 0 Å². The molecular weight excluding hydrogens is 375 g/mol. The minimum Gasteiger partial charge on any atom is -0.370 e. The Labute approximate surface area is 158 Å². The molecule has 28 heavy (non-hydrogen) atoms. The third-order valence-electron chi connectivity index (χ3n) is 4.15. The van der Waals surface area contributed by atoms with E-state index in [1.165, 1.54) is 6.33 Å². The van der Waals surface area contributed by atoms with Crippen molar-refractivity contribution in [3.05, 3.63) is 35.8 Å². The van der Waals surface area contributed by atoms with Crippen LogP contribution in [0.5, 0.6) is 0 Å². The molecule has 0 fully saturated rings. The molecular formula is C16H20F3N9. The highest BCUT2D eigenvalue weighted by Gasteiger charge is 2.35. The highest BCUT2D eigenvalue weighted by atomic mass is 19.4. The lowest BCUT2D eigenvalue weighted by molar-refractivity contribution is -0.137. The molecule has 0 radical (unpaired) electrons. The second kappa shape index (κ2) is 7.09. The van der Waals surface area contributed by atoms with E-state index < -0.39 is 17.3 Å². The average molecular weight is 395 g/mol. The number of hydrogen-bond acceptors (Lipinski definition) is 7. The molecule has 0 bridgehead atoms. The molecule has 3 heterocycles. The number of aromatic nitrogens is 7. The molecule has 3 aromatic rings. The predicted octanol–water partition coefficient (Wildman–Crippen LogP) is 3.08. The van der Waals surface area contributed by atoms with Gasteiger partial charge in [0.1, 0.15) is 23.2 Å². The Kier molecular flexibility index (Phi) is 4.96. The van der Waals surface area contributed by atoms with Crippen molar-refractivity contribution in [2.24, 2.45) is 0 Å². The smallest absolute Gasteiger partial charge is 0.370 e. The monoisotopic (exact) mass is 395 g/mol. The van der Waals surface area contributed by atoms with Crippen molar-refractivity contribution in [1.82, 2.24) is 34.9 Å². The van der Waals surface area contributed by atoms with Crippen molar-refractivity contribution in [2.45, 2.75) is 39.4 Å². The molecule has 3 N–H and O–H groups in total. The fourth-order valence-corrected chi connectivity index (χ4v) is 2.55. The zero-order valence-corrected chi connectivity index (χ0v) is 15.8. The van der Waals surface area contributed by atoms with Crippen molar-refractivity contribution in [3.63, 3.8) is 0 Å². The first-order valence-electron chi connectivity index (χ1n) is 8.50. The van der Waals surface area contributed by atoms with Crippen LogP contribution in [0, 0.1) is 6.92 Å². The maximum atomic E-state index is 13.1. The molecule has 0 saturated heterocycles. The van der Waals surface area contributed by atoms with Crippen LogP contribution in [0.2, 0.25) is 0 Å². The standard InChI is InChI=1S/C16H20F3N9/c1-5-20-12-10(16(17,18)19)6-21-14(25-12)24-11-7-28(27-9(11)2)15(3,4)13-22-8-23-26-13/h6-8H,5H2,1-4H3,(H,22,23,26)(H2,20,21,24,25). The molecule has 0 aromatic carbocycles. The van der Waals surface area contributed by atoms with E-state index in [9.17, 15) is 13.2 Å². The maximum absolute atomic E-state index is 13.1. The summed E-state index contributed by atoms with van der Waals surface area (Å²) < 4.78 is 41.0. The van der Waals surface area contributed by atoms with Gasteiger partial charge < -0.3 is 10.6 Å². The number of nitrogens with zero attached hydrogens (tertiary/aromatic N) is 6. The molecule has 0 spiro atoms. The van der Waals surface area contributed by atoms with Gasteiger partial charge >= 0.3 is 6.18 Å². The van der Waals surface area contributed by atoms with Crippen molar-refractivity contribution >= 4 is 17.5 Å². The lowest BCUT2D eigenvalue weighted by Gasteiger charge is -2.22. The molecule has 3 rings (SSSR count). The third-order valence-corrected chi connectivity index (χ3v) is 4.15. The number of halogens is 3. The summed E-state index contributed by atoms with van der Waals surface area (Å²) in [7, 11) is 0. The van der Waals surface area contributed by atoms with Gasteiger partial charge in [-0.25, -0.2) is 9.97 Å². The van der Waals surface area contributed by atoms with Gasteiger partial charge in [-0.2, -0.15) is 28.4 Å². The van der Waals surface area contributed by atoms with Gasteiger partial charge in [0.25, 0.3) is 0 Å². The SMILES string of the molecule is CCNc1nc(Nc2cn(C(C)(C)c3ncn[nH]3)nc2C)ncc1C(F)(F)F. The Morgan fingerprint density at radius 2 is 1.96 bits per heavy atom. The lowest BCUT2D eigenvalue weighted by atomic mass is 10.1.